The number of pyridine rings is 1. The lowest BCUT2D eigenvalue weighted by Crippen LogP contribution is -2.34. The minimum Gasteiger partial charge on any atom is -0.507 e. The van der Waals surface area contributed by atoms with E-state index in [-0.39, 0.29) is 17.0 Å². The number of phenols is 1. The number of amides is 1. The van der Waals surface area contributed by atoms with E-state index < -0.39 is 58.7 Å². The Labute approximate surface area is 166 Å². The van der Waals surface area contributed by atoms with Gasteiger partial charge in [0.05, 0.1) is 29.3 Å². The number of aromatic hydroxyl groups is 1. The quantitative estimate of drug-likeness (QED) is 0.368. The van der Waals surface area contributed by atoms with Crippen molar-refractivity contribution in [2.45, 2.75) is 19.7 Å². The van der Waals surface area contributed by atoms with Crippen LogP contribution in [0.15, 0.2) is 35.7 Å². The van der Waals surface area contributed by atoms with E-state index in [0.717, 1.165) is 25.1 Å². The van der Waals surface area contributed by atoms with Crippen LogP contribution in [0.2, 0.25) is 0 Å². The van der Waals surface area contributed by atoms with Crippen LogP contribution < -0.4 is 11.1 Å². The Kier molecular flexibility index (Phi) is 6.41. The normalized spacial score (nSPS) is 12.4. The molecular formula is C18H15F5N4O3. The number of aromatic nitrogens is 1. The SMILES string of the molecule is CC(=N)/C(NC(=O)c1cc(F)c(-c2ccc(F)c(CO)n2)cc1O)=C(\N)C(F)(F)F. The van der Waals surface area contributed by atoms with Crippen molar-refractivity contribution in [2.24, 2.45) is 5.73 Å². The number of carbonyl (C=O) groups excluding carboxylic acids is 1. The Morgan fingerprint density at radius 3 is 2.40 bits per heavy atom. The first-order valence-corrected chi connectivity index (χ1v) is 8.09. The standard InChI is InChI=1S/C18H15F5N4O3/c1-7(24)15(16(25)18(21,22)23)27-17(30)9-4-11(20)8(5-14(9)29)12-3-2-10(19)13(6-28)26-12/h2-5,24,28-29H,6,25H2,1H3,(H,27,30)/b16-15+,24-7?. The van der Waals surface area contributed by atoms with Crippen LogP contribution in [0.4, 0.5) is 22.0 Å². The molecule has 0 unspecified atom stereocenters. The second-order valence-corrected chi connectivity index (χ2v) is 6.00. The number of benzene rings is 1. The minimum atomic E-state index is -5.04. The van der Waals surface area contributed by atoms with Gasteiger partial charge in [-0.1, -0.05) is 0 Å². The summed E-state index contributed by atoms with van der Waals surface area (Å²) in [5.41, 5.74) is -0.229. The van der Waals surface area contributed by atoms with Gasteiger partial charge in [-0.3, -0.25) is 4.79 Å². The Balaban J connectivity index is 2.46. The lowest BCUT2D eigenvalue weighted by molar-refractivity contribution is -0.0933. The number of allylic oxidation sites excluding steroid dienone is 2. The third-order valence-electron chi connectivity index (χ3n) is 3.86. The van der Waals surface area contributed by atoms with Gasteiger partial charge in [0.1, 0.15) is 28.8 Å². The molecule has 0 bridgehead atoms. The van der Waals surface area contributed by atoms with Crippen molar-refractivity contribution in [1.29, 1.82) is 5.41 Å². The fourth-order valence-corrected chi connectivity index (χ4v) is 2.37. The summed E-state index contributed by atoms with van der Waals surface area (Å²) in [5, 5.41) is 28.2. The molecule has 0 saturated heterocycles. The van der Waals surface area contributed by atoms with Gasteiger partial charge in [-0.05, 0) is 31.2 Å². The number of rotatable bonds is 5. The maximum Gasteiger partial charge on any atom is 0.432 e. The van der Waals surface area contributed by atoms with E-state index in [1.807, 2.05) is 0 Å². The molecule has 0 aliphatic rings. The highest BCUT2D eigenvalue weighted by Crippen LogP contribution is 2.30. The predicted molar refractivity (Wildman–Crippen MR) is 95.3 cm³/mol. The van der Waals surface area contributed by atoms with Crippen molar-refractivity contribution in [1.82, 2.24) is 10.3 Å². The first-order valence-electron chi connectivity index (χ1n) is 8.09. The maximum atomic E-state index is 14.5. The molecule has 1 heterocycles. The first-order chi connectivity index (χ1) is 13.9. The number of hydrogen-bond donors (Lipinski definition) is 5. The third-order valence-corrected chi connectivity index (χ3v) is 3.86. The summed E-state index contributed by atoms with van der Waals surface area (Å²) in [6, 6.07) is 3.27. The van der Waals surface area contributed by atoms with Gasteiger partial charge in [-0.2, -0.15) is 13.2 Å². The van der Waals surface area contributed by atoms with E-state index in [1.54, 1.807) is 5.32 Å². The molecule has 0 spiro atoms. The van der Waals surface area contributed by atoms with Gasteiger partial charge in [-0.15, -0.1) is 0 Å². The lowest BCUT2D eigenvalue weighted by atomic mass is 10.0. The second kappa shape index (κ2) is 8.45. The van der Waals surface area contributed by atoms with E-state index in [1.165, 1.54) is 0 Å². The van der Waals surface area contributed by atoms with Gasteiger partial charge in [0, 0.05) is 5.56 Å². The largest absolute Gasteiger partial charge is 0.507 e. The molecule has 30 heavy (non-hydrogen) atoms. The van der Waals surface area contributed by atoms with Crippen LogP contribution in [0.1, 0.15) is 23.0 Å². The molecule has 7 nitrogen and oxygen atoms in total. The number of alkyl halides is 3. The molecule has 12 heteroatoms. The van der Waals surface area contributed by atoms with Crippen molar-refractivity contribution in [3.8, 4) is 17.0 Å². The van der Waals surface area contributed by atoms with E-state index in [4.69, 9.17) is 16.2 Å². The van der Waals surface area contributed by atoms with Crippen molar-refractivity contribution in [3.05, 3.63) is 58.6 Å². The highest BCUT2D eigenvalue weighted by atomic mass is 19.4. The molecule has 0 atom stereocenters. The molecule has 160 valence electrons. The van der Waals surface area contributed by atoms with Gasteiger partial charge in [0.25, 0.3) is 5.91 Å². The van der Waals surface area contributed by atoms with Crippen LogP contribution in [0.5, 0.6) is 5.75 Å². The Bertz CT molecular complexity index is 1050. The Hall–Kier alpha value is -3.54. The smallest absolute Gasteiger partial charge is 0.432 e. The molecule has 1 amide bonds. The van der Waals surface area contributed by atoms with Crippen LogP contribution in [0, 0.1) is 17.0 Å². The second-order valence-electron chi connectivity index (χ2n) is 6.00. The van der Waals surface area contributed by atoms with E-state index >= 15 is 0 Å². The van der Waals surface area contributed by atoms with Gasteiger partial charge in [0.2, 0.25) is 0 Å². The number of nitrogens with two attached hydrogens (primary N) is 1. The molecule has 2 rings (SSSR count). The summed E-state index contributed by atoms with van der Waals surface area (Å²) in [4.78, 5) is 16.0. The van der Waals surface area contributed by atoms with Crippen LogP contribution in [0.3, 0.4) is 0 Å². The average Bonchev–Trinajstić information content (AvgIpc) is 2.66. The fourth-order valence-electron chi connectivity index (χ4n) is 2.37. The van der Waals surface area contributed by atoms with Gasteiger partial charge in [-0.25, -0.2) is 13.8 Å². The number of nitrogens with zero attached hydrogens (tertiary/aromatic N) is 1. The monoisotopic (exact) mass is 430 g/mol. The highest BCUT2D eigenvalue weighted by molar-refractivity contribution is 6.05. The van der Waals surface area contributed by atoms with Crippen molar-refractivity contribution >= 4 is 11.6 Å². The number of aliphatic hydroxyl groups excluding tert-OH is 1. The zero-order valence-corrected chi connectivity index (χ0v) is 15.2. The number of halogens is 5. The summed E-state index contributed by atoms with van der Waals surface area (Å²) in [5.74, 6) is -4.13. The number of nitrogens with one attached hydrogen (secondary N) is 2. The average molecular weight is 430 g/mol. The van der Waals surface area contributed by atoms with Gasteiger partial charge >= 0.3 is 6.18 Å². The molecule has 0 fully saturated rings. The molecule has 0 saturated carbocycles. The molecule has 0 aliphatic heterocycles. The van der Waals surface area contributed by atoms with Crippen LogP contribution in [-0.2, 0) is 6.61 Å². The van der Waals surface area contributed by atoms with Gasteiger partial charge < -0.3 is 26.7 Å². The molecule has 0 aliphatic carbocycles. The van der Waals surface area contributed by atoms with E-state index in [9.17, 15) is 31.9 Å². The minimum absolute atomic E-state index is 0.169. The van der Waals surface area contributed by atoms with Crippen molar-refractivity contribution < 1.29 is 37.0 Å². The maximum absolute atomic E-state index is 14.5. The van der Waals surface area contributed by atoms with Crippen LogP contribution in [-0.4, -0.2) is 33.0 Å². The van der Waals surface area contributed by atoms with Crippen LogP contribution >= 0.6 is 0 Å². The lowest BCUT2D eigenvalue weighted by Gasteiger charge is -2.15. The summed E-state index contributed by atoms with van der Waals surface area (Å²) >= 11 is 0. The molecule has 1 aromatic carbocycles. The van der Waals surface area contributed by atoms with Gasteiger partial charge in [0.15, 0.2) is 0 Å². The third kappa shape index (κ3) is 4.71. The van der Waals surface area contributed by atoms with Crippen molar-refractivity contribution in [2.75, 3.05) is 0 Å². The number of hydrogen-bond acceptors (Lipinski definition) is 6. The highest BCUT2D eigenvalue weighted by Gasteiger charge is 2.35. The van der Waals surface area contributed by atoms with E-state index in [0.29, 0.717) is 6.07 Å². The molecule has 0 radical (unpaired) electrons. The zero-order chi connectivity index (χ0) is 22.8. The fraction of sp³-hybridized carbons (Fsp3) is 0.167. The molecule has 1 aromatic heterocycles. The van der Waals surface area contributed by atoms with Crippen LogP contribution in [0.25, 0.3) is 11.3 Å². The molecule has 6 N–H and O–H groups in total. The zero-order valence-electron chi connectivity index (χ0n) is 15.2. The first kappa shape index (κ1) is 22.7. The predicted octanol–water partition coefficient (Wildman–Crippen LogP) is 2.73. The Morgan fingerprint density at radius 2 is 1.87 bits per heavy atom. The summed E-state index contributed by atoms with van der Waals surface area (Å²) in [7, 11) is 0. The topological polar surface area (TPSA) is 132 Å². The number of aliphatic hydroxyl groups is 1. The summed E-state index contributed by atoms with van der Waals surface area (Å²) in [6.45, 7) is 0.170. The molecule has 2 aromatic rings. The van der Waals surface area contributed by atoms with Crippen molar-refractivity contribution in [3.63, 3.8) is 0 Å². The number of phenolic OH excluding ortho intramolecular Hbond substituents is 1. The van der Waals surface area contributed by atoms with E-state index in [2.05, 4.69) is 4.98 Å². The summed E-state index contributed by atoms with van der Waals surface area (Å²) in [6.07, 6.45) is -5.04. The number of carbonyl (C=O) groups is 1. The Morgan fingerprint density at radius 1 is 1.23 bits per heavy atom. The molecular weight excluding hydrogens is 415 g/mol. The summed E-state index contributed by atoms with van der Waals surface area (Å²) < 4.78 is 66.3.